The Morgan fingerprint density at radius 1 is 0.862 bits per heavy atom. The Kier molecular flexibility index (Phi) is 16.1. The lowest BCUT2D eigenvalue weighted by Gasteiger charge is -2.35. The lowest BCUT2D eigenvalue weighted by atomic mass is 9.85. The molecular formula is C46H59N9O9S. The largest absolute Gasteiger partial charge is 0.391 e. The van der Waals surface area contributed by atoms with Crippen molar-refractivity contribution in [2.45, 2.75) is 58.8 Å². The number of β-amino-alcohol motifs (C(OH)–C–C–N with tert-alkyl or cyclic N) is 1. The van der Waals surface area contributed by atoms with E-state index in [0.29, 0.717) is 51.8 Å². The van der Waals surface area contributed by atoms with Crippen LogP contribution in [0.25, 0.3) is 27.3 Å². The van der Waals surface area contributed by atoms with E-state index in [1.807, 2.05) is 98.4 Å². The highest BCUT2D eigenvalue weighted by Gasteiger charge is 2.44. The monoisotopic (exact) mass is 913 g/mol. The number of thiazole rings is 1. The van der Waals surface area contributed by atoms with Crippen LogP contribution in [0.2, 0.25) is 0 Å². The number of carbonyl (C=O) groups is 4. The second-order valence-corrected chi connectivity index (χ2v) is 18.1. The number of carbonyl (C=O) groups excluding carboxylic acids is 4. The number of hydrogen-bond acceptors (Lipinski definition) is 14. The first-order valence-electron chi connectivity index (χ1n) is 22.0. The van der Waals surface area contributed by atoms with E-state index in [1.54, 1.807) is 16.2 Å². The minimum Gasteiger partial charge on any atom is -0.391 e. The molecule has 18 nitrogen and oxygen atoms in total. The number of aromatic nitrogens is 4. The predicted octanol–water partition coefficient (Wildman–Crippen LogP) is 2.84. The fraction of sp³-hybridized carbons (Fsp3) is 0.500. The van der Waals surface area contributed by atoms with Crippen molar-refractivity contribution in [3.63, 3.8) is 0 Å². The first-order chi connectivity index (χ1) is 31.4. The van der Waals surface area contributed by atoms with Crippen LogP contribution in [0.1, 0.15) is 38.4 Å². The Labute approximate surface area is 382 Å². The van der Waals surface area contributed by atoms with E-state index in [9.17, 15) is 24.3 Å². The summed E-state index contributed by atoms with van der Waals surface area (Å²) in [6, 6.07) is 15.9. The summed E-state index contributed by atoms with van der Waals surface area (Å²) in [5.74, 6) is 0.103. The quantitative estimate of drug-likeness (QED) is 0.0964. The van der Waals surface area contributed by atoms with Gasteiger partial charge < -0.3 is 49.4 Å². The maximum Gasteiger partial charge on any atom is 0.248 e. The van der Waals surface area contributed by atoms with E-state index in [1.165, 1.54) is 4.90 Å². The van der Waals surface area contributed by atoms with Gasteiger partial charge in [0, 0.05) is 51.9 Å². The number of nitrogens with one attached hydrogen (secondary N) is 2. The number of hydrogen-bond donors (Lipinski definition) is 3. The number of piperazine rings is 1. The van der Waals surface area contributed by atoms with Crippen LogP contribution in [0.15, 0.2) is 66.3 Å². The number of fused-ring (bicyclic) bond motifs is 3. The van der Waals surface area contributed by atoms with Crippen molar-refractivity contribution >= 4 is 57.6 Å². The summed E-state index contributed by atoms with van der Waals surface area (Å²) in [5, 5.41) is 16.2. The average molecular weight is 914 g/mol. The maximum absolute atomic E-state index is 13.9. The maximum atomic E-state index is 13.9. The zero-order chi connectivity index (χ0) is 45.9. The summed E-state index contributed by atoms with van der Waals surface area (Å²) >= 11 is 1.57. The second-order valence-electron chi connectivity index (χ2n) is 17.2. The molecule has 65 heavy (non-hydrogen) atoms. The number of imidazole rings is 1. The Bertz CT molecular complexity index is 2390. The second kappa shape index (κ2) is 22.1. The van der Waals surface area contributed by atoms with E-state index in [4.69, 9.17) is 23.9 Å². The van der Waals surface area contributed by atoms with E-state index < -0.39 is 35.4 Å². The van der Waals surface area contributed by atoms with Crippen LogP contribution in [-0.4, -0.2) is 162 Å². The van der Waals surface area contributed by atoms with E-state index in [0.717, 1.165) is 38.5 Å². The number of amides is 4. The molecule has 2 aliphatic heterocycles. The number of para-hydroxylation sites is 2. The molecule has 3 aromatic heterocycles. The van der Waals surface area contributed by atoms with Crippen molar-refractivity contribution in [3.05, 3.63) is 77.6 Å². The smallest absolute Gasteiger partial charge is 0.248 e. The zero-order valence-electron chi connectivity index (χ0n) is 37.4. The first-order valence-corrected chi connectivity index (χ1v) is 22.9. The number of aliphatic hydroxyl groups excluding tert-OH is 1. The number of aliphatic hydroxyl groups is 1. The van der Waals surface area contributed by atoms with Gasteiger partial charge in [-0.15, -0.1) is 11.3 Å². The highest BCUT2D eigenvalue weighted by atomic mass is 32.1. The Balaban J connectivity index is 0.725. The summed E-state index contributed by atoms with van der Waals surface area (Å²) in [4.78, 5) is 73.1. The topological polar surface area (TPSA) is 202 Å². The van der Waals surface area contributed by atoms with Crippen molar-refractivity contribution in [3.8, 4) is 10.4 Å². The van der Waals surface area contributed by atoms with Crippen LogP contribution >= 0.6 is 11.3 Å². The molecule has 7 rings (SSSR count). The number of ether oxygens (including phenoxy) is 4. The summed E-state index contributed by atoms with van der Waals surface area (Å²) < 4.78 is 24.2. The molecule has 2 fully saturated rings. The van der Waals surface area contributed by atoms with Gasteiger partial charge in [0.2, 0.25) is 29.4 Å². The molecule has 0 radical (unpaired) electrons. The van der Waals surface area contributed by atoms with Crippen molar-refractivity contribution < 1.29 is 43.2 Å². The van der Waals surface area contributed by atoms with Crippen molar-refractivity contribution in [2.75, 3.05) is 90.5 Å². The lowest BCUT2D eigenvalue weighted by Crippen LogP contribution is -2.58. The van der Waals surface area contributed by atoms with Gasteiger partial charge in [-0.05, 0) is 41.7 Å². The van der Waals surface area contributed by atoms with Crippen LogP contribution in [0.5, 0.6) is 0 Å². The zero-order valence-corrected chi connectivity index (χ0v) is 38.3. The lowest BCUT2D eigenvalue weighted by molar-refractivity contribution is -0.144. The third kappa shape index (κ3) is 12.4. The number of anilines is 1. The van der Waals surface area contributed by atoms with Gasteiger partial charge in [-0.2, -0.15) is 4.98 Å². The van der Waals surface area contributed by atoms with Crippen molar-refractivity contribution in [1.82, 2.24) is 39.8 Å². The molecule has 348 valence electrons. The molecule has 5 heterocycles. The summed E-state index contributed by atoms with van der Waals surface area (Å²) in [5.41, 5.74) is 5.92. The molecular weight excluding hydrogens is 855 g/mol. The molecule has 5 aromatic rings. The third-order valence-electron chi connectivity index (χ3n) is 11.4. The molecule has 0 saturated carbocycles. The minimum atomic E-state index is -0.969. The van der Waals surface area contributed by atoms with Crippen LogP contribution in [0, 0.1) is 12.3 Å². The molecule has 3 N–H and O–H groups in total. The summed E-state index contributed by atoms with van der Waals surface area (Å²) in [6.45, 7) is 11.4. The Hall–Kier alpha value is -5.57. The molecule has 0 aliphatic carbocycles. The van der Waals surface area contributed by atoms with Crippen LogP contribution < -0.4 is 15.5 Å². The van der Waals surface area contributed by atoms with E-state index in [2.05, 4.69) is 25.5 Å². The van der Waals surface area contributed by atoms with Gasteiger partial charge in [-0.3, -0.25) is 23.6 Å². The Morgan fingerprint density at radius 2 is 1.54 bits per heavy atom. The highest BCUT2D eigenvalue weighted by Crippen LogP contribution is 2.28. The van der Waals surface area contributed by atoms with Crippen molar-refractivity contribution in [1.29, 1.82) is 0 Å². The third-order valence-corrected chi connectivity index (χ3v) is 12.4. The molecule has 2 aromatic carbocycles. The van der Waals surface area contributed by atoms with Gasteiger partial charge in [0.15, 0.2) is 0 Å². The number of rotatable bonds is 20. The predicted molar refractivity (Wildman–Crippen MR) is 244 cm³/mol. The minimum absolute atomic E-state index is 0.0196. The van der Waals surface area contributed by atoms with E-state index >= 15 is 0 Å². The number of nitrogens with zero attached hydrogens (tertiary/aromatic N) is 7. The number of benzene rings is 2. The van der Waals surface area contributed by atoms with Crippen molar-refractivity contribution in [2.24, 2.45) is 5.41 Å². The van der Waals surface area contributed by atoms with E-state index in [-0.39, 0.29) is 64.4 Å². The molecule has 2 aliphatic rings. The van der Waals surface area contributed by atoms with Crippen LogP contribution in [0.4, 0.5) is 5.82 Å². The average Bonchev–Trinajstić information content (AvgIpc) is 4.03. The normalized spacial score (nSPS) is 17.2. The van der Waals surface area contributed by atoms with Gasteiger partial charge in [0.05, 0.1) is 72.9 Å². The molecule has 1 unspecified atom stereocenters. The molecule has 19 heteroatoms. The summed E-state index contributed by atoms with van der Waals surface area (Å²) in [6.07, 6.45) is 1.21. The molecule has 2 saturated heterocycles. The van der Waals surface area contributed by atoms with Crippen LogP contribution in [0.3, 0.4) is 0 Å². The standard InChI is InChI=1S/C46H59N9O9S/c1-31-41(65-30-48-31)33-11-9-32(10-12-33)26-47-43(59)37-25-34(56)27-55(37)44(60)42(46(2,3)4)51-39(57)28-63-23-21-61-19-20-62-22-24-64-29-40(58)53-17-15-52(16-18-53)38-13-14-54-36-8-6-5-7-35(36)49-45(54)50-38/h5-14,30,34,37,42,56H,15-29H2,1-4H3,(H,47,59)(H,51,57)/t34-,37+,42?/m1/s1. The molecule has 0 bridgehead atoms. The van der Waals surface area contributed by atoms with Gasteiger partial charge in [-0.1, -0.05) is 57.2 Å². The van der Waals surface area contributed by atoms with Gasteiger partial charge in [0.25, 0.3) is 0 Å². The Morgan fingerprint density at radius 3 is 2.22 bits per heavy atom. The summed E-state index contributed by atoms with van der Waals surface area (Å²) in [7, 11) is 0. The van der Waals surface area contributed by atoms with Gasteiger partial charge >= 0.3 is 0 Å². The highest BCUT2D eigenvalue weighted by molar-refractivity contribution is 7.13. The number of likely N-dealkylation sites (tertiary alicyclic amines) is 1. The van der Waals surface area contributed by atoms with Gasteiger partial charge in [0.1, 0.15) is 31.1 Å². The van der Waals surface area contributed by atoms with Crippen LogP contribution in [-0.2, 0) is 44.7 Å². The molecule has 4 amide bonds. The SMILES string of the molecule is Cc1ncsc1-c1ccc(CNC(=O)[C@@H]2C[C@@H](O)CN2C(=O)C(NC(=O)COCCOCCOCCOCC(=O)N2CCN(c3ccn4c(n3)nc3ccccc34)CC2)C(C)(C)C)cc1. The first kappa shape index (κ1) is 47.4. The molecule has 0 spiro atoms. The number of aryl methyl sites for hydroxylation is 1. The fourth-order valence-electron chi connectivity index (χ4n) is 7.86. The van der Waals surface area contributed by atoms with Gasteiger partial charge in [-0.25, -0.2) is 9.97 Å². The fourth-order valence-corrected chi connectivity index (χ4v) is 8.67. The molecule has 3 atom stereocenters.